The van der Waals surface area contributed by atoms with Crippen LogP contribution in [0.15, 0.2) is 46.9 Å². The van der Waals surface area contributed by atoms with Crippen LogP contribution >= 0.6 is 15.9 Å². The number of halogens is 1. The number of para-hydroxylation sites is 2. The lowest BCUT2D eigenvalue weighted by atomic mass is 10.0. The predicted molar refractivity (Wildman–Crippen MR) is 88.8 cm³/mol. The predicted octanol–water partition coefficient (Wildman–Crippen LogP) is 3.56. The van der Waals surface area contributed by atoms with Crippen LogP contribution in [0.25, 0.3) is 0 Å². The van der Waals surface area contributed by atoms with Crippen LogP contribution in [-0.2, 0) is 4.79 Å². The van der Waals surface area contributed by atoms with Gasteiger partial charge in [0, 0.05) is 16.2 Å². The van der Waals surface area contributed by atoms with Gasteiger partial charge in [-0.05, 0) is 42.8 Å². The largest absolute Gasteiger partial charge is 0.330 e. The molecule has 5 heteroatoms. The highest BCUT2D eigenvalue weighted by Crippen LogP contribution is 2.38. The molecule has 0 radical (unpaired) electrons. The average molecular weight is 346 g/mol. The highest BCUT2D eigenvalue weighted by molar-refractivity contribution is 9.10. The van der Waals surface area contributed by atoms with Gasteiger partial charge in [0.2, 0.25) is 5.91 Å². The van der Waals surface area contributed by atoms with Crippen molar-refractivity contribution in [1.82, 2.24) is 0 Å². The van der Waals surface area contributed by atoms with Gasteiger partial charge in [0.1, 0.15) is 6.54 Å². The first-order chi connectivity index (χ1) is 10.1. The number of rotatable bonds is 2. The van der Waals surface area contributed by atoms with Crippen LogP contribution in [0, 0.1) is 0 Å². The lowest BCUT2D eigenvalue weighted by Crippen LogP contribution is -2.35. The van der Waals surface area contributed by atoms with Crippen molar-refractivity contribution in [3.8, 4) is 0 Å². The van der Waals surface area contributed by atoms with Gasteiger partial charge in [0.05, 0.1) is 11.4 Å². The molecule has 108 valence electrons. The molecule has 2 aromatic carbocycles. The molecular weight excluding hydrogens is 330 g/mol. The quantitative estimate of drug-likeness (QED) is 0.874. The summed E-state index contributed by atoms with van der Waals surface area (Å²) in [4.78, 5) is 14.0. The Balaban J connectivity index is 2.15. The van der Waals surface area contributed by atoms with Crippen LogP contribution in [0.2, 0.25) is 0 Å². The number of hydrogen-bond donors (Lipinski definition) is 2. The Morgan fingerprint density at radius 3 is 2.76 bits per heavy atom. The van der Waals surface area contributed by atoms with Gasteiger partial charge >= 0.3 is 0 Å². The van der Waals surface area contributed by atoms with E-state index in [4.69, 9.17) is 5.73 Å². The zero-order chi connectivity index (χ0) is 15.0. The van der Waals surface area contributed by atoms with Crippen LogP contribution in [0.4, 0.5) is 17.1 Å². The van der Waals surface area contributed by atoms with Crippen molar-refractivity contribution in [3.63, 3.8) is 0 Å². The van der Waals surface area contributed by atoms with Crippen molar-refractivity contribution in [2.45, 2.75) is 13.0 Å². The Morgan fingerprint density at radius 2 is 2.00 bits per heavy atom. The fourth-order valence-electron chi connectivity index (χ4n) is 2.58. The molecule has 1 atom stereocenters. The van der Waals surface area contributed by atoms with E-state index in [0.29, 0.717) is 6.54 Å². The number of fused-ring (bicyclic) bond motifs is 1. The van der Waals surface area contributed by atoms with Gasteiger partial charge in [-0.1, -0.05) is 28.1 Å². The number of hydrogen-bond acceptors (Lipinski definition) is 3. The molecule has 1 unspecified atom stereocenters. The highest BCUT2D eigenvalue weighted by Gasteiger charge is 2.25. The average Bonchev–Trinajstić information content (AvgIpc) is 2.46. The Morgan fingerprint density at radius 1 is 1.24 bits per heavy atom. The molecule has 0 fully saturated rings. The number of anilines is 3. The minimum atomic E-state index is -0.116. The third kappa shape index (κ3) is 2.66. The molecule has 3 rings (SSSR count). The normalized spacial score (nSPS) is 15.4. The molecule has 0 bridgehead atoms. The molecule has 2 aromatic rings. The van der Waals surface area contributed by atoms with Crippen molar-refractivity contribution >= 4 is 38.9 Å². The van der Waals surface area contributed by atoms with E-state index < -0.39 is 0 Å². The zero-order valence-electron chi connectivity index (χ0n) is 11.6. The SMILES string of the molecule is CC(N)c1cc(Br)ccc1N1CC(=O)Nc2ccccc21. The second-order valence-electron chi connectivity index (χ2n) is 5.14. The summed E-state index contributed by atoms with van der Waals surface area (Å²) < 4.78 is 0.980. The van der Waals surface area contributed by atoms with E-state index >= 15 is 0 Å². The first kappa shape index (κ1) is 14.1. The van der Waals surface area contributed by atoms with Gasteiger partial charge in [-0.2, -0.15) is 0 Å². The minimum Gasteiger partial charge on any atom is -0.330 e. The Bertz CT molecular complexity index is 700. The number of amides is 1. The van der Waals surface area contributed by atoms with E-state index in [1.165, 1.54) is 0 Å². The van der Waals surface area contributed by atoms with E-state index in [-0.39, 0.29) is 11.9 Å². The van der Waals surface area contributed by atoms with Crippen molar-refractivity contribution < 1.29 is 4.79 Å². The summed E-state index contributed by atoms with van der Waals surface area (Å²) >= 11 is 3.48. The van der Waals surface area contributed by atoms with Crippen LogP contribution < -0.4 is 16.0 Å². The van der Waals surface area contributed by atoms with Crippen molar-refractivity contribution in [3.05, 3.63) is 52.5 Å². The topological polar surface area (TPSA) is 58.4 Å². The maximum absolute atomic E-state index is 12.0. The van der Waals surface area contributed by atoms with E-state index in [9.17, 15) is 4.79 Å². The number of benzene rings is 2. The molecule has 0 saturated carbocycles. The smallest absolute Gasteiger partial charge is 0.244 e. The summed E-state index contributed by atoms with van der Waals surface area (Å²) in [7, 11) is 0. The molecule has 1 aliphatic heterocycles. The monoisotopic (exact) mass is 345 g/mol. The lowest BCUT2D eigenvalue weighted by molar-refractivity contribution is -0.115. The molecule has 0 aliphatic carbocycles. The number of nitrogens with two attached hydrogens (primary N) is 1. The van der Waals surface area contributed by atoms with E-state index in [1.807, 2.05) is 54.3 Å². The van der Waals surface area contributed by atoms with Crippen LogP contribution in [-0.4, -0.2) is 12.5 Å². The summed E-state index contributed by atoms with van der Waals surface area (Å²) in [5.41, 5.74) is 9.89. The second-order valence-corrected chi connectivity index (χ2v) is 6.06. The standard InChI is InChI=1S/C16H16BrN3O/c1-10(18)12-8-11(17)6-7-14(12)20-9-16(21)19-13-4-2-3-5-15(13)20/h2-8,10H,9,18H2,1H3,(H,19,21). The fraction of sp³-hybridized carbons (Fsp3) is 0.188. The van der Waals surface area contributed by atoms with E-state index in [1.54, 1.807) is 0 Å². The van der Waals surface area contributed by atoms with Crippen LogP contribution in [0.3, 0.4) is 0 Å². The van der Waals surface area contributed by atoms with Crippen molar-refractivity contribution in [2.24, 2.45) is 5.73 Å². The maximum Gasteiger partial charge on any atom is 0.244 e. The molecule has 1 aliphatic rings. The van der Waals surface area contributed by atoms with Gasteiger partial charge < -0.3 is 16.0 Å². The highest BCUT2D eigenvalue weighted by atomic mass is 79.9. The van der Waals surface area contributed by atoms with E-state index in [0.717, 1.165) is 27.1 Å². The van der Waals surface area contributed by atoms with E-state index in [2.05, 4.69) is 21.2 Å². The third-order valence-corrected chi connectivity index (χ3v) is 4.03. The Kier molecular flexibility index (Phi) is 3.69. The van der Waals surface area contributed by atoms with Gasteiger partial charge in [-0.15, -0.1) is 0 Å². The molecule has 4 nitrogen and oxygen atoms in total. The molecule has 3 N–H and O–H groups in total. The molecule has 0 saturated heterocycles. The first-order valence-electron chi connectivity index (χ1n) is 6.77. The number of carbonyl (C=O) groups excluding carboxylic acids is 1. The summed E-state index contributed by atoms with van der Waals surface area (Å²) in [6, 6.07) is 13.6. The Hall–Kier alpha value is -1.85. The minimum absolute atomic E-state index is 0.0211. The van der Waals surface area contributed by atoms with Gasteiger partial charge in [-0.25, -0.2) is 0 Å². The van der Waals surface area contributed by atoms with Crippen LogP contribution in [0.5, 0.6) is 0 Å². The number of nitrogens with one attached hydrogen (secondary N) is 1. The first-order valence-corrected chi connectivity index (χ1v) is 7.57. The third-order valence-electron chi connectivity index (χ3n) is 3.54. The molecular formula is C16H16BrN3O. The maximum atomic E-state index is 12.0. The lowest BCUT2D eigenvalue weighted by Gasteiger charge is -2.33. The molecule has 0 aromatic heterocycles. The van der Waals surface area contributed by atoms with Crippen molar-refractivity contribution in [2.75, 3.05) is 16.8 Å². The van der Waals surface area contributed by atoms with Gasteiger partial charge in [0.25, 0.3) is 0 Å². The van der Waals surface area contributed by atoms with Gasteiger partial charge in [-0.3, -0.25) is 4.79 Å². The number of nitrogens with zero attached hydrogens (tertiary/aromatic N) is 1. The Labute approximate surface area is 132 Å². The summed E-state index contributed by atoms with van der Waals surface area (Å²) in [6.07, 6.45) is 0. The summed E-state index contributed by atoms with van der Waals surface area (Å²) in [5.74, 6) is -0.0211. The van der Waals surface area contributed by atoms with Crippen LogP contribution in [0.1, 0.15) is 18.5 Å². The molecule has 0 spiro atoms. The summed E-state index contributed by atoms with van der Waals surface area (Å²) in [6.45, 7) is 2.24. The zero-order valence-corrected chi connectivity index (χ0v) is 13.2. The summed E-state index contributed by atoms with van der Waals surface area (Å²) in [5, 5.41) is 2.90. The fourth-order valence-corrected chi connectivity index (χ4v) is 2.96. The molecule has 1 heterocycles. The van der Waals surface area contributed by atoms with Gasteiger partial charge in [0.15, 0.2) is 0 Å². The molecule has 21 heavy (non-hydrogen) atoms. The van der Waals surface area contributed by atoms with Crippen molar-refractivity contribution in [1.29, 1.82) is 0 Å². The second kappa shape index (κ2) is 5.50. The molecule has 1 amide bonds. The number of carbonyl (C=O) groups is 1.